The second-order valence-electron chi connectivity index (χ2n) is 4.58. The van der Waals surface area contributed by atoms with Gasteiger partial charge in [0.1, 0.15) is 5.69 Å². The summed E-state index contributed by atoms with van der Waals surface area (Å²) >= 11 is 0. The van der Waals surface area contributed by atoms with Crippen LogP contribution in [0.3, 0.4) is 0 Å². The number of carboxylic acid groups (broad SMARTS) is 1. The van der Waals surface area contributed by atoms with Gasteiger partial charge in [0.05, 0.1) is 5.69 Å². The molecule has 3 N–H and O–H groups in total. The molecule has 0 spiro atoms. The minimum absolute atomic E-state index is 0.299. The molecular formula is C10H13N3O3. The Balaban J connectivity index is 1.75. The smallest absolute Gasteiger partial charge is 0.407 e. The van der Waals surface area contributed by atoms with Gasteiger partial charge in [-0.05, 0) is 18.8 Å². The highest BCUT2D eigenvalue weighted by Crippen LogP contribution is 2.59. The molecule has 1 aliphatic heterocycles. The van der Waals surface area contributed by atoms with Crippen LogP contribution in [0.4, 0.5) is 10.5 Å². The molecule has 1 saturated carbocycles. The fraction of sp³-hybridized carbons (Fsp3) is 0.600. The molecule has 6 nitrogen and oxygen atoms in total. The van der Waals surface area contributed by atoms with Gasteiger partial charge in [-0.15, -0.1) is 0 Å². The van der Waals surface area contributed by atoms with Crippen LogP contribution in [0.25, 0.3) is 0 Å². The number of likely N-dealkylation sites (tertiary alicyclic amines) is 1. The van der Waals surface area contributed by atoms with Crippen molar-refractivity contribution in [2.75, 3.05) is 18.8 Å². The lowest BCUT2D eigenvalue weighted by Crippen LogP contribution is -2.29. The molecule has 1 amide bonds. The van der Waals surface area contributed by atoms with Gasteiger partial charge in [0, 0.05) is 19.0 Å². The Bertz CT molecular complexity index is 444. The fourth-order valence-corrected chi connectivity index (χ4v) is 2.72. The summed E-state index contributed by atoms with van der Waals surface area (Å²) in [5, 5.41) is 12.8. The highest BCUT2D eigenvalue weighted by atomic mass is 16.5. The molecule has 2 heterocycles. The van der Waals surface area contributed by atoms with E-state index < -0.39 is 6.09 Å². The summed E-state index contributed by atoms with van der Waals surface area (Å²) in [4.78, 5) is 12.2. The summed E-state index contributed by atoms with van der Waals surface area (Å²) in [6, 6.07) is 0. The minimum Gasteiger partial charge on any atom is -0.465 e. The first-order valence-electron chi connectivity index (χ1n) is 5.29. The van der Waals surface area contributed by atoms with Gasteiger partial charge >= 0.3 is 6.09 Å². The molecule has 16 heavy (non-hydrogen) atoms. The predicted octanol–water partition coefficient (Wildman–Crippen LogP) is 0.888. The Morgan fingerprint density at radius 3 is 2.62 bits per heavy atom. The van der Waals surface area contributed by atoms with E-state index in [9.17, 15) is 4.79 Å². The third-order valence-corrected chi connectivity index (χ3v) is 3.72. The van der Waals surface area contributed by atoms with Crippen LogP contribution < -0.4 is 5.73 Å². The number of rotatable bonds is 1. The number of nitrogen functional groups attached to an aromatic ring is 1. The molecule has 1 aromatic rings. The molecule has 0 bridgehead atoms. The van der Waals surface area contributed by atoms with Gasteiger partial charge in [0.25, 0.3) is 0 Å². The van der Waals surface area contributed by atoms with Crippen molar-refractivity contribution in [3.8, 4) is 0 Å². The summed E-state index contributed by atoms with van der Waals surface area (Å²) in [6.07, 6.45) is -0.838. The first-order valence-corrected chi connectivity index (χ1v) is 5.29. The number of nitrogens with two attached hydrogens (primary N) is 1. The van der Waals surface area contributed by atoms with Gasteiger partial charge in [-0.2, -0.15) is 0 Å². The van der Waals surface area contributed by atoms with Crippen LogP contribution in [0, 0.1) is 18.8 Å². The lowest BCUT2D eigenvalue weighted by Gasteiger charge is -2.14. The van der Waals surface area contributed by atoms with Crippen molar-refractivity contribution >= 4 is 11.8 Å². The van der Waals surface area contributed by atoms with Crippen molar-refractivity contribution in [1.29, 1.82) is 0 Å². The number of hydrogen-bond donors (Lipinski definition) is 2. The van der Waals surface area contributed by atoms with E-state index in [1.807, 2.05) is 0 Å². The lowest BCUT2D eigenvalue weighted by atomic mass is 10.1. The van der Waals surface area contributed by atoms with E-state index >= 15 is 0 Å². The van der Waals surface area contributed by atoms with Gasteiger partial charge in [0.2, 0.25) is 0 Å². The van der Waals surface area contributed by atoms with Crippen LogP contribution in [0.1, 0.15) is 17.4 Å². The topological polar surface area (TPSA) is 92.6 Å². The van der Waals surface area contributed by atoms with E-state index in [4.69, 9.17) is 15.4 Å². The van der Waals surface area contributed by atoms with E-state index in [-0.39, 0.29) is 0 Å². The summed E-state index contributed by atoms with van der Waals surface area (Å²) in [5.74, 6) is 1.70. The monoisotopic (exact) mass is 223 g/mol. The number of aromatic nitrogens is 1. The second-order valence-corrected chi connectivity index (χ2v) is 4.58. The predicted molar refractivity (Wildman–Crippen MR) is 55.0 cm³/mol. The van der Waals surface area contributed by atoms with Crippen LogP contribution in [-0.4, -0.2) is 34.3 Å². The molecule has 86 valence electrons. The Morgan fingerprint density at radius 1 is 1.56 bits per heavy atom. The number of fused-ring (bicyclic) bond motifs is 1. The highest BCUT2D eigenvalue weighted by Gasteiger charge is 2.59. The van der Waals surface area contributed by atoms with Crippen LogP contribution in [-0.2, 0) is 0 Å². The summed E-state index contributed by atoms with van der Waals surface area (Å²) in [6.45, 7) is 2.97. The van der Waals surface area contributed by atoms with Gasteiger partial charge in [-0.1, -0.05) is 5.16 Å². The van der Waals surface area contributed by atoms with E-state index in [2.05, 4.69) is 5.16 Å². The molecule has 1 aromatic heterocycles. The fourth-order valence-electron chi connectivity index (χ4n) is 2.72. The van der Waals surface area contributed by atoms with Crippen molar-refractivity contribution in [2.45, 2.75) is 12.8 Å². The van der Waals surface area contributed by atoms with E-state index in [0.717, 1.165) is 5.69 Å². The maximum atomic E-state index is 10.7. The number of piperidine rings is 1. The summed E-state index contributed by atoms with van der Waals surface area (Å²) in [7, 11) is 0. The van der Waals surface area contributed by atoms with Crippen LogP contribution >= 0.6 is 0 Å². The quantitative estimate of drug-likeness (QED) is 0.737. The molecule has 0 aromatic carbocycles. The first-order chi connectivity index (χ1) is 7.59. The van der Waals surface area contributed by atoms with E-state index in [1.54, 1.807) is 6.92 Å². The van der Waals surface area contributed by atoms with Crippen molar-refractivity contribution < 1.29 is 14.4 Å². The Hall–Kier alpha value is -1.72. The number of nitrogens with zero attached hydrogens (tertiary/aromatic N) is 2. The molecule has 3 atom stereocenters. The average Bonchev–Trinajstić information content (AvgIpc) is 2.61. The van der Waals surface area contributed by atoms with Crippen molar-refractivity contribution in [3.63, 3.8) is 0 Å². The number of aryl methyl sites for hydroxylation is 1. The maximum Gasteiger partial charge on any atom is 0.407 e. The van der Waals surface area contributed by atoms with Crippen LogP contribution in [0.5, 0.6) is 0 Å². The minimum atomic E-state index is -0.838. The van der Waals surface area contributed by atoms with Gasteiger partial charge in [-0.3, -0.25) is 0 Å². The zero-order valence-electron chi connectivity index (χ0n) is 8.88. The zero-order valence-corrected chi connectivity index (χ0v) is 8.88. The molecular weight excluding hydrogens is 210 g/mol. The number of amides is 1. The third kappa shape index (κ3) is 1.12. The maximum absolute atomic E-state index is 10.7. The molecule has 1 aliphatic carbocycles. The standard InChI is InChI=1S/C10H13N3O3/c1-4-8(11)9(12-16-4)7-5-2-13(10(14)15)3-6(5)7/h5-7H,2-3,11H2,1H3,(H,14,15)/t5-,6+,7?. The van der Waals surface area contributed by atoms with Gasteiger partial charge in [-0.25, -0.2) is 4.79 Å². The molecule has 6 heteroatoms. The lowest BCUT2D eigenvalue weighted by molar-refractivity contribution is 0.150. The highest BCUT2D eigenvalue weighted by molar-refractivity contribution is 5.66. The number of carbonyl (C=O) groups is 1. The number of anilines is 1. The van der Waals surface area contributed by atoms with E-state index in [1.165, 1.54) is 4.90 Å². The first kappa shape index (κ1) is 9.50. The Kier molecular flexibility index (Phi) is 1.72. The van der Waals surface area contributed by atoms with Crippen LogP contribution in [0.15, 0.2) is 4.52 Å². The summed E-state index contributed by atoms with van der Waals surface area (Å²) < 4.78 is 5.03. The second kappa shape index (κ2) is 2.90. The average molecular weight is 223 g/mol. The molecule has 3 rings (SSSR count). The van der Waals surface area contributed by atoms with E-state index in [0.29, 0.717) is 42.3 Å². The summed E-state index contributed by atoms with van der Waals surface area (Å²) in [5.41, 5.74) is 7.30. The molecule has 1 unspecified atom stereocenters. The SMILES string of the molecule is Cc1onc(C2[C@H]3CN(C(=O)O)C[C@@H]23)c1N. The Morgan fingerprint density at radius 2 is 2.19 bits per heavy atom. The largest absolute Gasteiger partial charge is 0.465 e. The van der Waals surface area contributed by atoms with Crippen LogP contribution in [0.2, 0.25) is 0 Å². The van der Waals surface area contributed by atoms with Gasteiger partial charge in [0.15, 0.2) is 5.76 Å². The molecule has 2 aliphatic rings. The Labute approximate surface area is 92.0 Å². The third-order valence-electron chi connectivity index (χ3n) is 3.72. The zero-order chi connectivity index (χ0) is 11.4. The molecule has 1 saturated heterocycles. The van der Waals surface area contributed by atoms with Crippen molar-refractivity contribution in [2.24, 2.45) is 11.8 Å². The molecule has 2 fully saturated rings. The normalized spacial score (nSPS) is 31.6. The van der Waals surface area contributed by atoms with Crippen molar-refractivity contribution in [1.82, 2.24) is 10.1 Å². The van der Waals surface area contributed by atoms with Gasteiger partial charge < -0.3 is 20.3 Å². The van der Waals surface area contributed by atoms with Crippen molar-refractivity contribution in [3.05, 3.63) is 11.5 Å². The number of hydrogen-bond acceptors (Lipinski definition) is 4. The molecule has 0 radical (unpaired) electrons.